The summed E-state index contributed by atoms with van der Waals surface area (Å²) in [5, 5.41) is 0. The number of ether oxygens (including phenoxy) is 3. The first-order chi connectivity index (χ1) is 10.2. The van der Waals surface area contributed by atoms with Crippen molar-refractivity contribution >= 4 is 15.9 Å². The molecule has 0 heterocycles. The fourth-order valence-corrected chi connectivity index (χ4v) is 2.48. The highest BCUT2D eigenvalue weighted by Crippen LogP contribution is 2.41. The van der Waals surface area contributed by atoms with Crippen LogP contribution >= 0.6 is 15.9 Å². The van der Waals surface area contributed by atoms with E-state index in [4.69, 9.17) is 19.9 Å². The smallest absolute Gasteiger partial charge is 0.211 e. The van der Waals surface area contributed by atoms with Crippen LogP contribution in [0.5, 0.6) is 23.0 Å². The molecule has 21 heavy (non-hydrogen) atoms. The van der Waals surface area contributed by atoms with E-state index in [2.05, 4.69) is 15.9 Å². The molecule has 112 valence electrons. The maximum absolute atomic E-state index is 5.96. The lowest BCUT2D eigenvalue weighted by molar-refractivity contribution is 0.345. The van der Waals surface area contributed by atoms with Crippen LogP contribution in [0.2, 0.25) is 0 Å². The largest absolute Gasteiger partial charge is 0.493 e. The van der Waals surface area contributed by atoms with Gasteiger partial charge in [-0.3, -0.25) is 0 Å². The normalized spacial score (nSPS) is 10.3. The van der Waals surface area contributed by atoms with Crippen molar-refractivity contribution in [1.29, 1.82) is 0 Å². The number of halogens is 1. The predicted molar refractivity (Wildman–Crippen MR) is 86.5 cm³/mol. The molecule has 0 spiro atoms. The van der Waals surface area contributed by atoms with Crippen molar-refractivity contribution in [1.82, 2.24) is 0 Å². The highest BCUT2D eigenvalue weighted by atomic mass is 79.9. The third-order valence-electron chi connectivity index (χ3n) is 3.02. The number of para-hydroxylation sites is 1. The average Bonchev–Trinajstić information content (AvgIpc) is 2.50. The molecule has 0 aliphatic carbocycles. The van der Waals surface area contributed by atoms with Crippen molar-refractivity contribution in [2.75, 3.05) is 20.8 Å². The van der Waals surface area contributed by atoms with Crippen molar-refractivity contribution < 1.29 is 14.2 Å². The van der Waals surface area contributed by atoms with Crippen LogP contribution in [0.1, 0.15) is 5.56 Å². The van der Waals surface area contributed by atoms with E-state index < -0.39 is 0 Å². The number of methoxy groups -OCH3 is 2. The molecule has 0 saturated carbocycles. The van der Waals surface area contributed by atoms with Crippen LogP contribution in [0.25, 0.3) is 0 Å². The van der Waals surface area contributed by atoms with Crippen molar-refractivity contribution in [3.8, 4) is 23.0 Å². The molecule has 0 bridgehead atoms. The zero-order chi connectivity index (χ0) is 15.2. The van der Waals surface area contributed by atoms with Crippen molar-refractivity contribution in [2.45, 2.75) is 6.42 Å². The number of hydrogen-bond acceptors (Lipinski definition) is 4. The second kappa shape index (κ2) is 7.33. The summed E-state index contributed by atoms with van der Waals surface area (Å²) in [6.07, 6.45) is 0.830. The molecular weight excluding hydrogens is 334 g/mol. The molecule has 4 nitrogen and oxygen atoms in total. The van der Waals surface area contributed by atoms with Gasteiger partial charge >= 0.3 is 0 Å². The lowest BCUT2D eigenvalue weighted by atomic mass is 10.1. The third-order valence-corrected chi connectivity index (χ3v) is 3.64. The fourth-order valence-electron chi connectivity index (χ4n) is 1.98. The van der Waals surface area contributed by atoms with Crippen LogP contribution in [0.15, 0.2) is 40.9 Å². The van der Waals surface area contributed by atoms with E-state index in [1.807, 2.05) is 36.4 Å². The zero-order valence-electron chi connectivity index (χ0n) is 12.1. The van der Waals surface area contributed by atoms with Gasteiger partial charge in [-0.05, 0) is 58.7 Å². The van der Waals surface area contributed by atoms with Crippen LogP contribution in [0, 0.1) is 0 Å². The van der Waals surface area contributed by atoms with Gasteiger partial charge in [-0.1, -0.05) is 12.1 Å². The van der Waals surface area contributed by atoms with Gasteiger partial charge in [0.1, 0.15) is 5.75 Å². The minimum Gasteiger partial charge on any atom is -0.493 e. The molecule has 0 aromatic heterocycles. The van der Waals surface area contributed by atoms with Gasteiger partial charge in [0.2, 0.25) is 5.75 Å². The maximum atomic E-state index is 5.96. The van der Waals surface area contributed by atoms with Gasteiger partial charge in [-0.2, -0.15) is 0 Å². The third kappa shape index (κ3) is 3.68. The Balaban J connectivity index is 2.34. The topological polar surface area (TPSA) is 53.7 Å². The molecule has 0 saturated heterocycles. The summed E-state index contributed by atoms with van der Waals surface area (Å²) in [4.78, 5) is 0. The highest BCUT2D eigenvalue weighted by molar-refractivity contribution is 9.10. The number of rotatable bonds is 6. The van der Waals surface area contributed by atoms with E-state index >= 15 is 0 Å². The lowest BCUT2D eigenvalue weighted by Crippen LogP contribution is -2.02. The Morgan fingerprint density at radius 1 is 1.00 bits per heavy atom. The molecule has 0 fully saturated rings. The van der Waals surface area contributed by atoms with Gasteiger partial charge in [-0.25, -0.2) is 0 Å². The summed E-state index contributed by atoms with van der Waals surface area (Å²) in [5.74, 6) is 2.48. The molecule has 0 radical (unpaired) electrons. The predicted octanol–water partition coefficient (Wildman–Crippen LogP) is 3.76. The van der Waals surface area contributed by atoms with E-state index in [-0.39, 0.29) is 0 Å². The van der Waals surface area contributed by atoms with Crippen molar-refractivity contribution in [3.05, 3.63) is 46.4 Å². The second-order valence-electron chi connectivity index (χ2n) is 4.40. The zero-order valence-corrected chi connectivity index (χ0v) is 13.6. The Hall–Kier alpha value is -1.72. The summed E-state index contributed by atoms with van der Waals surface area (Å²) in [5.41, 5.74) is 6.72. The maximum Gasteiger partial charge on any atom is 0.211 e. The van der Waals surface area contributed by atoms with E-state index in [9.17, 15) is 0 Å². The van der Waals surface area contributed by atoms with E-state index in [0.29, 0.717) is 29.5 Å². The van der Waals surface area contributed by atoms with Crippen molar-refractivity contribution in [3.63, 3.8) is 0 Å². The van der Waals surface area contributed by atoms with Crippen molar-refractivity contribution in [2.24, 2.45) is 5.73 Å². The van der Waals surface area contributed by atoms with E-state index in [0.717, 1.165) is 16.5 Å². The minimum atomic E-state index is 0.551. The number of benzene rings is 2. The molecular formula is C16H18BrNO3. The Morgan fingerprint density at radius 2 is 1.67 bits per heavy atom. The quantitative estimate of drug-likeness (QED) is 0.860. The monoisotopic (exact) mass is 351 g/mol. The standard InChI is InChI=1S/C16H18BrNO3/c1-19-14-4-3-5-15(20-2)16(14)21-13-7-6-11(8-9-18)10-12(13)17/h3-7,10H,8-9,18H2,1-2H3. The fraction of sp³-hybridized carbons (Fsp3) is 0.250. The van der Waals surface area contributed by atoms with Crippen LogP contribution in [0.3, 0.4) is 0 Å². The molecule has 2 aromatic rings. The Kier molecular flexibility index (Phi) is 5.47. The van der Waals surface area contributed by atoms with Gasteiger partial charge in [0.25, 0.3) is 0 Å². The molecule has 5 heteroatoms. The summed E-state index contributed by atoms with van der Waals surface area (Å²) < 4.78 is 17.5. The van der Waals surface area contributed by atoms with Gasteiger partial charge in [-0.15, -0.1) is 0 Å². The molecule has 2 aromatic carbocycles. The second-order valence-corrected chi connectivity index (χ2v) is 5.25. The Labute approximate surface area is 132 Å². The first kappa shape index (κ1) is 15.7. The SMILES string of the molecule is COc1cccc(OC)c1Oc1ccc(CCN)cc1Br. The highest BCUT2D eigenvalue weighted by Gasteiger charge is 2.14. The average molecular weight is 352 g/mol. The number of hydrogen-bond donors (Lipinski definition) is 1. The molecule has 0 unspecified atom stereocenters. The molecule has 0 amide bonds. The Bertz CT molecular complexity index is 594. The summed E-state index contributed by atoms with van der Waals surface area (Å²) in [7, 11) is 3.20. The molecule has 0 atom stereocenters. The van der Waals surface area contributed by atoms with E-state index in [1.165, 1.54) is 0 Å². The van der Waals surface area contributed by atoms with Gasteiger partial charge < -0.3 is 19.9 Å². The Morgan fingerprint density at radius 3 is 2.19 bits per heavy atom. The van der Waals surface area contributed by atoms with Crippen LogP contribution in [-0.2, 0) is 6.42 Å². The van der Waals surface area contributed by atoms with Crippen LogP contribution < -0.4 is 19.9 Å². The lowest BCUT2D eigenvalue weighted by Gasteiger charge is -2.15. The molecule has 2 rings (SSSR count). The van der Waals surface area contributed by atoms with Gasteiger partial charge in [0.05, 0.1) is 18.7 Å². The van der Waals surface area contributed by atoms with Crippen LogP contribution in [0.4, 0.5) is 0 Å². The first-order valence-electron chi connectivity index (χ1n) is 6.57. The number of nitrogens with two attached hydrogens (primary N) is 1. The van der Waals surface area contributed by atoms with E-state index in [1.54, 1.807) is 14.2 Å². The summed E-state index contributed by atoms with van der Waals surface area (Å²) in [6, 6.07) is 11.4. The van der Waals surface area contributed by atoms with Gasteiger partial charge in [0.15, 0.2) is 11.5 Å². The van der Waals surface area contributed by atoms with Gasteiger partial charge in [0, 0.05) is 0 Å². The molecule has 0 aliphatic heterocycles. The summed E-state index contributed by atoms with van der Waals surface area (Å²) >= 11 is 3.52. The first-order valence-corrected chi connectivity index (χ1v) is 7.36. The van der Waals surface area contributed by atoms with Crippen LogP contribution in [-0.4, -0.2) is 20.8 Å². The molecule has 2 N–H and O–H groups in total. The minimum absolute atomic E-state index is 0.551. The molecule has 0 aliphatic rings. The summed E-state index contributed by atoms with van der Waals surface area (Å²) in [6.45, 7) is 0.618.